The van der Waals surface area contributed by atoms with Gasteiger partial charge in [0.1, 0.15) is 12.2 Å². The summed E-state index contributed by atoms with van der Waals surface area (Å²) in [5.74, 6) is 0. The number of piperidine rings is 1. The zero-order valence-corrected chi connectivity index (χ0v) is 23.7. The van der Waals surface area contributed by atoms with E-state index in [2.05, 4.69) is 41.1 Å². The zero-order valence-electron chi connectivity index (χ0n) is 23.7. The van der Waals surface area contributed by atoms with Crippen LogP contribution in [0, 0.1) is 0 Å². The number of fused-ring (bicyclic) bond motifs is 2. The van der Waals surface area contributed by atoms with Crippen molar-refractivity contribution in [2.24, 2.45) is 0 Å². The average molecular weight is 535 g/mol. The van der Waals surface area contributed by atoms with Crippen LogP contribution < -0.4 is 9.80 Å². The third-order valence-electron chi connectivity index (χ3n) is 8.14. The predicted molar refractivity (Wildman–Crippen MR) is 153 cm³/mol. The second-order valence-electron chi connectivity index (χ2n) is 12.1. The summed E-state index contributed by atoms with van der Waals surface area (Å²) in [4.78, 5) is 33.9. The number of carbonyl (C=O) groups is 2. The monoisotopic (exact) mass is 534 g/mol. The molecule has 0 spiro atoms. The van der Waals surface area contributed by atoms with Gasteiger partial charge in [0.2, 0.25) is 0 Å². The molecule has 3 heterocycles. The molecule has 39 heavy (non-hydrogen) atoms. The van der Waals surface area contributed by atoms with Gasteiger partial charge in [-0.15, -0.1) is 0 Å². The standard InChI is InChI=1S/C31H42N4O4/c1-31(2,3)39-30(37)34-20-27-13-14-28(21-34)35(27)26-12-8-11-25(19-26)32(4)24-15-17-33(18-16-24)29(36)38-22-23-9-6-5-7-10-23/h5-12,19,24,27-28H,13-18,20-22H2,1-4H3/t27-,28+. The Morgan fingerprint density at radius 2 is 1.54 bits per heavy atom. The van der Waals surface area contributed by atoms with Crippen molar-refractivity contribution in [2.45, 2.75) is 76.8 Å². The molecule has 2 aromatic rings. The first kappa shape index (κ1) is 27.2. The topological polar surface area (TPSA) is 65.6 Å². The van der Waals surface area contributed by atoms with Gasteiger partial charge in [-0.3, -0.25) is 0 Å². The molecule has 2 bridgehead atoms. The number of amides is 2. The van der Waals surface area contributed by atoms with Crippen molar-refractivity contribution >= 4 is 23.6 Å². The molecule has 0 N–H and O–H groups in total. The van der Waals surface area contributed by atoms with Crippen molar-refractivity contribution in [3.05, 3.63) is 60.2 Å². The maximum Gasteiger partial charge on any atom is 0.410 e. The second kappa shape index (κ2) is 11.4. The Bertz CT molecular complexity index is 1130. The maximum atomic E-state index is 12.7. The van der Waals surface area contributed by atoms with E-state index in [9.17, 15) is 9.59 Å². The fourth-order valence-electron chi connectivity index (χ4n) is 6.13. The van der Waals surface area contributed by atoms with E-state index in [1.165, 1.54) is 11.4 Å². The molecule has 3 fully saturated rings. The molecule has 3 saturated heterocycles. The van der Waals surface area contributed by atoms with Crippen molar-refractivity contribution in [1.29, 1.82) is 0 Å². The lowest BCUT2D eigenvalue weighted by Gasteiger charge is -2.43. The van der Waals surface area contributed by atoms with Crippen molar-refractivity contribution in [3.8, 4) is 0 Å². The van der Waals surface area contributed by atoms with Crippen LogP contribution in [-0.2, 0) is 16.1 Å². The number of carbonyl (C=O) groups excluding carboxylic acids is 2. The van der Waals surface area contributed by atoms with E-state index in [4.69, 9.17) is 9.47 Å². The first-order valence-electron chi connectivity index (χ1n) is 14.2. The molecule has 3 aliphatic rings. The molecule has 8 nitrogen and oxygen atoms in total. The number of rotatable bonds is 5. The number of hydrogen-bond donors (Lipinski definition) is 0. The van der Waals surface area contributed by atoms with E-state index in [1.807, 2.05) is 60.9 Å². The number of likely N-dealkylation sites (tertiary alicyclic amines) is 2. The SMILES string of the molecule is CN(c1cccc(N2[C@@H]3CC[C@H]2CN(C(=O)OC(C)(C)C)C3)c1)C1CCN(C(=O)OCc2ccccc2)CC1. The van der Waals surface area contributed by atoms with Gasteiger partial charge in [0.25, 0.3) is 0 Å². The number of hydrogen-bond acceptors (Lipinski definition) is 6. The smallest absolute Gasteiger partial charge is 0.410 e. The summed E-state index contributed by atoms with van der Waals surface area (Å²) in [6, 6.07) is 19.6. The first-order chi connectivity index (χ1) is 18.7. The van der Waals surface area contributed by atoms with Gasteiger partial charge in [-0.2, -0.15) is 0 Å². The van der Waals surface area contributed by atoms with Crippen LogP contribution in [0.2, 0.25) is 0 Å². The first-order valence-corrected chi connectivity index (χ1v) is 14.2. The molecule has 5 rings (SSSR count). The summed E-state index contributed by atoms with van der Waals surface area (Å²) in [5, 5.41) is 0. The molecule has 2 aromatic carbocycles. The van der Waals surface area contributed by atoms with Gasteiger partial charge in [-0.05, 0) is 70.2 Å². The number of piperazine rings is 1. The predicted octanol–water partition coefficient (Wildman–Crippen LogP) is 5.51. The molecule has 3 aliphatic heterocycles. The molecule has 2 atom stereocenters. The molecular weight excluding hydrogens is 492 g/mol. The van der Waals surface area contributed by atoms with Gasteiger partial charge in [-0.25, -0.2) is 9.59 Å². The van der Waals surface area contributed by atoms with Crippen LogP contribution in [0.4, 0.5) is 21.0 Å². The summed E-state index contributed by atoms with van der Waals surface area (Å²) < 4.78 is 11.2. The van der Waals surface area contributed by atoms with Gasteiger partial charge < -0.3 is 29.1 Å². The Morgan fingerprint density at radius 1 is 0.872 bits per heavy atom. The van der Waals surface area contributed by atoms with Gasteiger partial charge >= 0.3 is 12.2 Å². The lowest BCUT2D eigenvalue weighted by atomic mass is 10.0. The van der Waals surface area contributed by atoms with Crippen molar-refractivity contribution < 1.29 is 19.1 Å². The lowest BCUT2D eigenvalue weighted by Crippen LogP contribution is -2.56. The van der Waals surface area contributed by atoms with Gasteiger partial charge in [0.05, 0.1) is 0 Å². The molecular formula is C31H42N4O4. The molecule has 0 aliphatic carbocycles. The van der Waals surface area contributed by atoms with Crippen LogP contribution in [0.15, 0.2) is 54.6 Å². The van der Waals surface area contributed by atoms with Crippen molar-refractivity contribution in [2.75, 3.05) is 43.0 Å². The molecule has 8 heteroatoms. The molecule has 210 valence electrons. The van der Waals surface area contributed by atoms with Crippen LogP contribution in [-0.4, -0.2) is 78.9 Å². The van der Waals surface area contributed by atoms with Gasteiger partial charge in [-0.1, -0.05) is 36.4 Å². The van der Waals surface area contributed by atoms with E-state index in [1.54, 1.807) is 0 Å². The van der Waals surface area contributed by atoms with Crippen LogP contribution >= 0.6 is 0 Å². The molecule has 0 unspecified atom stereocenters. The van der Waals surface area contributed by atoms with Crippen molar-refractivity contribution in [3.63, 3.8) is 0 Å². The molecule has 0 aromatic heterocycles. The quantitative estimate of drug-likeness (QED) is 0.504. The van der Waals surface area contributed by atoms with Crippen molar-refractivity contribution in [1.82, 2.24) is 9.80 Å². The largest absolute Gasteiger partial charge is 0.445 e. The average Bonchev–Trinajstić information content (AvgIpc) is 3.20. The van der Waals surface area contributed by atoms with Crippen LogP contribution in [0.1, 0.15) is 52.0 Å². The second-order valence-corrected chi connectivity index (χ2v) is 12.1. The van der Waals surface area contributed by atoms with E-state index < -0.39 is 5.60 Å². The van der Waals surface area contributed by atoms with Crippen LogP contribution in [0.3, 0.4) is 0 Å². The highest BCUT2D eigenvalue weighted by atomic mass is 16.6. The Labute approximate surface area is 232 Å². The highest BCUT2D eigenvalue weighted by molar-refractivity contribution is 5.70. The number of anilines is 2. The minimum Gasteiger partial charge on any atom is -0.445 e. The van der Waals surface area contributed by atoms with Gasteiger partial charge in [0.15, 0.2) is 0 Å². The summed E-state index contributed by atoms with van der Waals surface area (Å²) in [7, 11) is 2.15. The number of nitrogens with zero attached hydrogens (tertiary/aromatic N) is 4. The van der Waals surface area contributed by atoms with Crippen LogP contribution in [0.5, 0.6) is 0 Å². The Kier molecular flexibility index (Phi) is 7.91. The lowest BCUT2D eigenvalue weighted by molar-refractivity contribution is 0.0209. The van der Waals surface area contributed by atoms with E-state index in [0.29, 0.717) is 50.9 Å². The van der Waals surface area contributed by atoms with E-state index in [-0.39, 0.29) is 12.2 Å². The number of ether oxygens (including phenoxy) is 2. The fraction of sp³-hybridized carbons (Fsp3) is 0.548. The Balaban J connectivity index is 1.16. The summed E-state index contributed by atoms with van der Waals surface area (Å²) in [6.07, 6.45) is 3.54. The third kappa shape index (κ3) is 6.43. The fourth-order valence-corrected chi connectivity index (χ4v) is 6.13. The zero-order chi connectivity index (χ0) is 27.6. The Morgan fingerprint density at radius 3 is 2.18 bits per heavy atom. The van der Waals surface area contributed by atoms with E-state index in [0.717, 1.165) is 31.2 Å². The minimum absolute atomic E-state index is 0.206. The highest BCUT2D eigenvalue weighted by Crippen LogP contribution is 2.37. The summed E-state index contributed by atoms with van der Waals surface area (Å²) in [5.41, 5.74) is 2.93. The minimum atomic E-state index is -0.481. The Hall–Kier alpha value is -3.42. The highest BCUT2D eigenvalue weighted by Gasteiger charge is 2.42. The molecule has 2 amide bonds. The molecule has 0 radical (unpaired) electrons. The summed E-state index contributed by atoms with van der Waals surface area (Å²) >= 11 is 0. The third-order valence-corrected chi connectivity index (χ3v) is 8.14. The maximum absolute atomic E-state index is 12.7. The summed E-state index contributed by atoms with van der Waals surface area (Å²) in [6.45, 7) is 8.84. The van der Waals surface area contributed by atoms with Crippen LogP contribution in [0.25, 0.3) is 0 Å². The van der Waals surface area contributed by atoms with Gasteiger partial charge in [0, 0.05) is 62.7 Å². The molecule has 0 saturated carbocycles. The van der Waals surface area contributed by atoms with E-state index >= 15 is 0 Å². The normalized spacial score (nSPS) is 21.6. The number of benzene rings is 2.